The van der Waals surface area contributed by atoms with E-state index in [2.05, 4.69) is 6.92 Å². The van der Waals surface area contributed by atoms with Crippen LogP contribution in [0.2, 0.25) is 0 Å². The Balaban J connectivity index is 1.94. The zero-order valence-electron chi connectivity index (χ0n) is 12.4. The predicted molar refractivity (Wildman–Crippen MR) is 81.2 cm³/mol. The van der Waals surface area contributed by atoms with Gasteiger partial charge in [0.2, 0.25) is 0 Å². The Morgan fingerprint density at radius 3 is 2.45 bits per heavy atom. The highest BCUT2D eigenvalue weighted by Crippen LogP contribution is 2.30. The van der Waals surface area contributed by atoms with E-state index in [9.17, 15) is 4.79 Å². The van der Waals surface area contributed by atoms with Crippen LogP contribution in [-0.2, 0) is 0 Å². The largest absolute Gasteiger partial charge is 0.494 e. The van der Waals surface area contributed by atoms with Gasteiger partial charge in [-0.2, -0.15) is 0 Å². The van der Waals surface area contributed by atoms with E-state index in [4.69, 9.17) is 10.5 Å². The van der Waals surface area contributed by atoms with Crippen molar-refractivity contribution in [3.05, 3.63) is 29.8 Å². The summed E-state index contributed by atoms with van der Waals surface area (Å²) >= 11 is 0. The second-order valence-electron chi connectivity index (χ2n) is 5.90. The predicted octanol–water partition coefficient (Wildman–Crippen LogP) is 3.71. The molecule has 20 heavy (non-hydrogen) atoms. The van der Waals surface area contributed by atoms with Crippen LogP contribution in [0.25, 0.3) is 0 Å². The van der Waals surface area contributed by atoms with E-state index in [1.54, 1.807) is 0 Å². The van der Waals surface area contributed by atoms with Gasteiger partial charge in [-0.25, -0.2) is 0 Å². The molecule has 0 aliphatic heterocycles. The first kappa shape index (κ1) is 15.0. The second kappa shape index (κ2) is 6.89. The van der Waals surface area contributed by atoms with Crippen LogP contribution < -0.4 is 10.5 Å². The molecule has 1 aliphatic carbocycles. The Bertz CT molecular complexity index is 433. The molecule has 2 N–H and O–H groups in total. The van der Waals surface area contributed by atoms with Crippen molar-refractivity contribution in [2.45, 2.75) is 57.4 Å². The van der Waals surface area contributed by atoms with Crippen LogP contribution in [0, 0.1) is 0 Å². The van der Waals surface area contributed by atoms with Crippen LogP contribution >= 0.6 is 0 Å². The van der Waals surface area contributed by atoms with Gasteiger partial charge >= 0.3 is 0 Å². The molecule has 2 rings (SSSR count). The monoisotopic (exact) mass is 275 g/mol. The number of hydrogen-bond acceptors (Lipinski definition) is 3. The van der Waals surface area contributed by atoms with Gasteiger partial charge in [0.15, 0.2) is 5.78 Å². The number of carbonyl (C=O) groups excluding carboxylic acids is 1. The average molecular weight is 275 g/mol. The van der Waals surface area contributed by atoms with E-state index in [0.29, 0.717) is 13.0 Å². The lowest BCUT2D eigenvalue weighted by molar-refractivity contribution is 0.0934. The van der Waals surface area contributed by atoms with E-state index in [1.165, 1.54) is 6.42 Å². The molecule has 0 radical (unpaired) electrons. The summed E-state index contributed by atoms with van der Waals surface area (Å²) in [6, 6.07) is 7.43. The molecule has 0 amide bonds. The molecule has 1 aromatic carbocycles. The van der Waals surface area contributed by atoms with E-state index < -0.39 is 0 Å². The zero-order valence-corrected chi connectivity index (χ0v) is 12.4. The van der Waals surface area contributed by atoms with E-state index in [0.717, 1.165) is 43.4 Å². The number of ketones is 1. The number of Topliss-reactive ketones (excluding diaryl/α,β-unsaturated/α-hetero) is 1. The zero-order chi connectivity index (χ0) is 14.4. The van der Waals surface area contributed by atoms with Crippen molar-refractivity contribution in [2.75, 3.05) is 6.61 Å². The molecule has 3 nitrogen and oxygen atoms in total. The van der Waals surface area contributed by atoms with Crippen molar-refractivity contribution in [1.29, 1.82) is 0 Å². The number of benzene rings is 1. The molecule has 0 aromatic heterocycles. The summed E-state index contributed by atoms with van der Waals surface area (Å²) in [5.74, 6) is 0.972. The van der Waals surface area contributed by atoms with Gasteiger partial charge in [-0.1, -0.05) is 26.2 Å². The van der Waals surface area contributed by atoms with Crippen LogP contribution in [0.5, 0.6) is 5.75 Å². The lowest BCUT2D eigenvalue weighted by Gasteiger charge is -2.32. The third-order valence-electron chi connectivity index (χ3n) is 4.01. The summed E-state index contributed by atoms with van der Waals surface area (Å²) in [6.07, 6.45) is 6.92. The smallest absolute Gasteiger partial charge is 0.164 e. The maximum absolute atomic E-state index is 12.3. The fourth-order valence-corrected chi connectivity index (χ4v) is 2.81. The molecule has 0 bridgehead atoms. The highest BCUT2D eigenvalue weighted by molar-refractivity contribution is 5.96. The van der Waals surface area contributed by atoms with E-state index >= 15 is 0 Å². The van der Waals surface area contributed by atoms with E-state index in [1.807, 2.05) is 24.3 Å². The van der Waals surface area contributed by atoms with Gasteiger partial charge in [-0.05, 0) is 43.5 Å². The van der Waals surface area contributed by atoms with Crippen molar-refractivity contribution in [3.63, 3.8) is 0 Å². The SMILES string of the molecule is CCCOc1ccc(C(=O)CC2(N)CCCCC2)cc1. The Morgan fingerprint density at radius 1 is 1.20 bits per heavy atom. The molecule has 0 unspecified atom stereocenters. The molecule has 1 fully saturated rings. The molecular formula is C17H25NO2. The van der Waals surface area contributed by atoms with Crippen LogP contribution in [-0.4, -0.2) is 17.9 Å². The first-order valence-electron chi connectivity index (χ1n) is 7.68. The van der Waals surface area contributed by atoms with Crippen molar-refractivity contribution >= 4 is 5.78 Å². The molecule has 1 aliphatic rings. The number of nitrogens with two attached hydrogens (primary N) is 1. The summed E-state index contributed by atoms with van der Waals surface area (Å²) < 4.78 is 5.52. The third kappa shape index (κ3) is 4.07. The highest BCUT2D eigenvalue weighted by atomic mass is 16.5. The average Bonchev–Trinajstić information content (AvgIpc) is 2.46. The van der Waals surface area contributed by atoms with Crippen molar-refractivity contribution < 1.29 is 9.53 Å². The maximum atomic E-state index is 12.3. The number of rotatable bonds is 6. The topological polar surface area (TPSA) is 52.3 Å². The van der Waals surface area contributed by atoms with Crippen molar-refractivity contribution in [2.24, 2.45) is 5.73 Å². The van der Waals surface area contributed by atoms with Gasteiger partial charge in [0.25, 0.3) is 0 Å². The highest BCUT2D eigenvalue weighted by Gasteiger charge is 2.30. The molecule has 1 saturated carbocycles. The van der Waals surface area contributed by atoms with Gasteiger partial charge < -0.3 is 10.5 Å². The molecule has 0 atom stereocenters. The molecular weight excluding hydrogens is 250 g/mol. The summed E-state index contributed by atoms with van der Waals surface area (Å²) in [5, 5.41) is 0. The first-order chi connectivity index (χ1) is 9.63. The lowest BCUT2D eigenvalue weighted by Crippen LogP contribution is -2.43. The summed E-state index contributed by atoms with van der Waals surface area (Å²) in [4.78, 5) is 12.3. The molecule has 0 heterocycles. The first-order valence-corrected chi connectivity index (χ1v) is 7.68. The molecule has 3 heteroatoms. The summed E-state index contributed by atoms with van der Waals surface area (Å²) in [6.45, 7) is 2.78. The fourth-order valence-electron chi connectivity index (χ4n) is 2.81. The maximum Gasteiger partial charge on any atom is 0.164 e. The number of ether oxygens (including phenoxy) is 1. The van der Waals surface area contributed by atoms with Gasteiger partial charge in [0, 0.05) is 17.5 Å². The molecule has 0 saturated heterocycles. The minimum atomic E-state index is -0.285. The number of hydrogen-bond donors (Lipinski definition) is 1. The van der Waals surface area contributed by atoms with Gasteiger partial charge in [-0.15, -0.1) is 0 Å². The normalized spacial score (nSPS) is 17.7. The quantitative estimate of drug-likeness (QED) is 0.805. The fraction of sp³-hybridized carbons (Fsp3) is 0.588. The van der Waals surface area contributed by atoms with Gasteiger partial charge in [-0.3, -0.25) is 4.79 Å². The molecule has 110 valence electrons. The second-order valence-corrected chi connectivity index (χ2v) is 5.90. The van der Waals surface area contributed by atoms with Crippen LogP contribution in [0.1, 0.15) is 62.2 Å². The minimum absolute atomic E-state index is 0.149. The van der Waals surface area contributed by atoms with Crippen molar-refractivity contribution in [1.82, 2.24) is 0 Å². The van der Waals surface area contributed by atoms with Crippen molar-refractivity contribution in [3.8, 4) is 5.75 Å². The number of carbonyl (C=O) groups is 1. The standard InChI is InChI=1S/C17H25NO2/c1-2-12-20-15-8-6-14(7-9-15)16(19)13-17(18)10-4-3-5-11-17/h6-9H,2-5,10-13,18H2,1H3. The van der Waals surface area contributed by atoms with Crippen LogP contribution in [0.4, 0.5) is 0 Å². The molecule has 1 aromatic rings. The Morgan fingerprint density at radius 2 is 1.85 bits per heavy atom. The summed E-state index contributed by atoms with van der Waals surface area (Å²) in [5.41, 5.74) is 6.80. The Labute approximate surface area is 121 Å². The summed E-state index contributed by atoms with van der Waals surface area (Å²) in [7, 11) is 0. The van der Waals surface area contributed by atoms with E-state index in [-0.39, 0.29) is 11.3 Å². The van der Waals surface area contributed by atoms with Crippen LogP contribution in [0.3, 0.4) is 0 Å². The Kier molecular flexibility index (Phi) is 5.18. The van der Waals surface area contributed by atoms with Gasteiger partial charge in [0.1, 0.15) is 5.75 Å². The Hall–Kier alpha value is -1.35. The van der Waals surface area contributed by atoms with Crippen LogP contribution in [0.15, 0.2) is 24.3 Å². The minimum Gasteiger partial charge on any atom is -0.494 e. The van der Waals surface area contributed by atoms with Gasteiger partial charge in [0.05, 0.1) is 6.61 Å². The lowest BCUT2D eigenvalue weighted by atomic mass is 9.78. The molecule has 0 spiro atoms. The third-order valence-corrected chi connectivity index (χ3v) is 4.01.